The van der Waals surface area contributed by atoms with Gasteiger partial charge in [0, 0.05) is 13.1 Å². The first-order valence-corrected chi connectivity index (χ1v) is 11.0. The first kappa shape index (κ1) is 21.4. The molecule has 0 aliphatic carbocycles. The van der Waals surface area contributed by atoms with E-state index in [0.29, 0.717) is 33.6 Å². The number of hydrogen-bond donors (Lipinski definition) is 0. The summed E-state index contributed by atoms with van der Waals surface area (Å²) >= 11 is 6.30. The molecule has 1 saturated heterocycles. The van der Waals surface area contributed by atoms with E-state index in [1.54, 1.807) is 18.2 Å². The van der Waals surface area contributed by atoms with E-state index >= 15 is 0 Å². The molecule has 0 bridgehead atoms. The van der Waals surface area contributed by atoms with Crippen molar-refractivity contribution in [3.63, 3.8) is 0 Å². The van der Waals surface area contributed by atoms with Crippen molar-refractivity contribution in [1.29, 1.82) is 0 Å². The zero-order valence-electron chi connectivity index (χ0n) is 18.4. The van der Waals surface area contributed by atoms with Crippen molar-refractivity contribution in [2.45, 2.75) is 33.6 Å². The number of hydrogen-bond acceptors (Lipinski definition) is 4. The molecule has 6 heteroatoms. The van der Waals surface area contributed by atoms with E-state index in [-0.39, 0.29) is 11.8 Å². The highest BCUT2D eigenvalue weighted by Gasteiger charge is 2.43. The lowest BCUT2D eigenvalue weighted by atomic mass is 9.95. The van der Waals surface area contributed by atoms with Crippen molar-refractivity contribution < 1.29 is 14.3 Å². The molecule has 0 saturated carbocycles. The van der Waals surface area contributed by atoms with Crippen molar-refractivity contribution >= 4 is 34.7 Å². The fourth-order valence-corrected chi connectivity index (χ4v) is 4.66. The number of rotatable bonds is 4. The van der Waals surface area contributed by atoms with Crippen molar-refractivity contribution in [3.8, 4) is 5.75 Å². The molecular formula is C25H27ClN2O3. The van der Waals surface area contributed by atoms with Crippen LogP contribution in [0.4, 0.5) is 5.69 Å². The number of methoxy groups -OCH3 is 1. The number of aryl methyl sites for hydroxylation is 2. The van der Waals surface area contributed by atoms with Gasteiger partial charge in [-0.1, -0.05) is 42.3 Å². The maximum Gasteiger partial charge on any atom is 0.282 e. The summed E-state index contributed by atoms with van der Waals surface area (Å²) in [5, 5.41) is 0.355. The molecule has 31 heavy (non-hydrogen) atoms. The Morgan fingerprint density at radius 3 is 2.32 bits per heavy atom. The van der Waals surface area contributed by atoms with E-state index in [1.165, 1.54) is 12.0 Å². The zero-order valence-corrected chi connectivity index (χ0v) is 19.1. The second-order valence-electron chi connectivity index (χ2n) is 8.48. The second kappa shape index (κ2) is 8.39. The molecule has 2 aromatic rings. The summed E-state index contributed by atoms with van der Waals surface area (Å²) in [6.07, 6.45) is 2.00. The third-order valence-electron chi connectivity index (χ3n) is 6.20. The Kier molecular flexibility index (Phi) is 5.80. The standard InChI is InChI=1S/C25H27ClN2O3/c1-15-9-11-27(12-10-15)23-22(19-7-5-16(2)13-17(19)3)24(29)28(25(23)30)18-6-8-21(31-4)20(26)14-18/h5-8,13-15H,9-12H2,1-4H3. The van der Waals surface area contributed by atoms with Crippen molar-refractivity contribution in [2.24, 2.45) is 5.92 Å². The molecule has 2 aliphatic heterocycles. The molecule has 0 N–H and O–H groups in total. The van der Waals surface area contributed by atoms with Crippen molar-refractivity contribution in [1.82, 2.24) is 4.90 Å². The fourth-order valence-electron chi connectivity index (χ4n) is 4.41. The molecule has 0 unspecified atom stereocenters. The number of amides is 2. The maximum absolute atomic E-state index is 13.7. The Morgan fingerprint density at radius 2 is 1.71 bits per heavy atom. The van der Waals surface area contributed by atoms with Gasteiger partial charge in [0.1, 0.15) is 11.4 Å². The molecule has 5 nitrogen and oxygen atoms in total. The summed E-state index contributed by atoms with van der Waals surface area (Å²) in [5.74, 6) is 0.505. The van der Waals surface area contributed by atoms with Crippen LogP contribution in [0, 0.1) is 19.8 Å². The lowest BCUT2D eigenvalue weighted by Gasteiger charge is -2.32. The van der Waals surface area contributed by atoms with E-state index in [1.807, 2.05) is 32.0 Å². The van der Waals surface area contributed by atoms with Crippen LogP contribution >= 0.6 is 11.6 Å². The molecule has 0 aromatic heterocycles. The Balaban J connectivity index is 1.83. The number of ether oxygens (including phenoxy) is 1. The molecule has 0 atom stereocenters. The quantitative estimate of drug-likeness (QED) is 0.631. The van der Waals surface area contributed by atoms with Crippen LogP contribution in [0.25, 0.3) is 5.57 Å². The Bertz CT molecular complexity index is 1080. The number of likely N-dealkylation sites (tertiary alicyclic amines) is 1. The van der Waals surface area contributed by atoms with Gasteiger partial charge in [0.2, 0.25) is 0 Å². The minimum absolute atomic E-state index is 0.296. The summed E-state index contributed by atoms with van der Waals surface area (Å²) in [7, 11) is 1.53. The first-order chi connectivity index (χ1) is 14.8. The van der Waals surface area contributed by atoms with Crippen molar-refractivity contribution in [2.75, 3.05) is 25.1 Å². The molecule has 0 spiro atoms. The first-order valence-electron chi connectivity index (χ1n) is 10.6. The zero-order chi connectivity index (χ0) is 22.3. The van der Waals surface area contributed by atoms with Crippen LogP contribution < -0.4 is 9.64 Å². The van der Waals surface area contributed by atoms with Gasteiger partial charge in [-0.25, -0.2) is 4.90 Å². The summed E-state index contributed by atoms with van der Waals surface area (Å²) in [4.78, 5) is 30.7. The van der Waals surface area contributed by atoms with Gasteiger partial charge in [-0.15, -0.1) is 0 Å². The molecule has 2 aromatic carbocycles. The number of carbonyl (C=O) groups excluding carboxylic acids is 2. The summed E-state index contributed by atoms with van der Waals surface area (Å²) in [6.45, 7) is 7.76. The van der Waals surface area contributed by atoms with Gasteiger partial charge in [-0.3, -0.25) is 9.59 Å². The number of anilines is 1. The van der Waals surface area contributed by atoms with Crippen LogP contribution in [0.2, 0.25) is 5.02 Å². The minimum atomic E-state index is -0.313. The second-order valence-corrected chi connectivity index (χ2v) is 8.88. The molecule has 4 rings (SSSR count). The van der Waals surface area contributed by atoms with Gasteiger partial charge in [0.25, 0.3) is 11.8 Å². The molecule has 2 amide bonds. The van der Waals surface area contributed by atoms with Crippen molar-refractivity contribution in [3.05, 3.63) is 63.8 Å². The van der Waals surface area contributed by atoms with Gasteiger partial charge in [-0.2, -0.15) is 0 Å². The Hall–Kier alpha value is -2.79. The Labute approximate surface area is 188 Å². The summed E-state index contributed by atoms with van der Waals surface area (Å²) < 4.78 is 5.22. The third-order valence-corrected chi connectivity index (χ3v) is 6.50. The number of imide groups is 1. The molecule has 0 radical (unpaired) electrons. The normalized spacial score (nSPS) is 17.7. The van der Waals surface area contributed by atoms with Gasteiger partial charge in [0.15, 0.2) is 0 Å². The lowest BCUT2D eigenvalue weighted by molar-refractivity contribution is -0.120. The van der Waals surface area contributed by atoms with Crippen LogP contribution in [-0.4, -0.2) is 36.9 Å². The van der Waals surface area contributed by atoms with Crippen LogP contribution in [0.5, 0.6) is 5.75 Å². The molecule has 2 aliphatic rings. The van der Waals surface area contributed by atoms with E-state index < -0.39 is 0 Å². The highest BCUT2D eigenvalue weighted by atomic mass is 35.5. The average molecular weight is 439 g/mol. The number of benzene rings is 2. The SMILES string of the molecule is COc1ccc(N2C(=O)C(c3ccc(C)cc3C)=C(N3CCC(C)CC3)C2=O)cc1Cl. The topological polar surface area (TPSA) is 49.9 Å². The van der Waals surface area contributed by atoms with Gasteiger partial charge < -0.3 is 9.64 Å². The van der Waals surface area contributed by atoms with E-state index in [2.05, 4.69) is 11.8 Å². The van der Waals surface area contributed by atoms with Gasteiger partial charge in [-0.05, 0) is 61.9 Å². The molecule has 162 valence electrons. The summed E-state index contributed by atoms with van der Waals surface area (Å²) in [6, 6.07) is 11.0. The van der Waals surface area contributed by atoms with Crippen LogP contribution in [-0.2, 0) is 9.59 Å². The number of halogens is 1. The monoisotopic (exact) mass is 438 g/mol. The molecule has 1 fully saturated rings. The van der Waals surface area contributed by atoms with E-state index in [9.17, 15) is 9.59 Å². The average Bonchev–Trinajstić information content (AvgIpc) is 2.99. The summed E-state index contributed by atoms with van der Waals surface area (Å²) in [5.41, 5.74) is 4.32. The predicted octanol–water partition coefficient (Wildman–Crippen LogP) is 4.98. The van der Waals surface area contributed by atoms with Crippen LogP contribution in [0.15, 0.2) is 42.1 Å². The smallest absolute Gasteiger partial charge is 0.282 e. The van der Waals surface area contributed by atoms with Crippen LogP contribution in [0.3, 0.4) is 0 Å². The van der Waals surface area contributed by atoms with Gasteiger partial charge >= 0.3 is 0 Å². The molecular weight excluding hydrogens is 412 g/mol. The number of nitrogens with zero attached hydrogens (tertiary/aromatic N) is 2. The number of carbonyl (C=O) groups is 2. The largest absolute Gasteiger partial charge is 0.495 e. The van der Waals surface area contributed by atoms with Gasteiger partial charge in [0.05, 0.1) is 23.4 Å². The highest BCUT2D eigenvalue weighted by molar-refractivity contribution is 6.45. The fraction of sp³-hybridized carbons (Fsp3) is 0.360. The van der Waals surface area contributed by atoms with E-state index in [4.69, 9.17) is 16.3 Å². The van der Waals surface area contributed by atoms with Crippen LogP contribution in [0.1, 0.15) is 36.5 Å². The predicted molar refractivity (Wildman–Crippen MR) is 123 cm³/mol. The lowest BCUT2D eigenvalue weighted by Crippen LogP contribution is -2.38. The maximum atomic E-state index is 13.7. The highest BCUT2D eigenvalue weighted by Crippen LogP contribution is 2.39. The number of piperidine rings is 1. The molecule has 2 heterocycles. The minimum Gasteiger partial charge on any atom is -0.495 e. The third kappa shape index (κ3) is 3.83. The van der Waals surface area contributed by atoms with E-state index in [0.717, 1.165) is 42.6 Å². The Morgan fingerprint density at radius 1 is 1.00 bits per heavy atom.